The largest absolute Gasteiger partial charge is 0.497 e. The molecule has 0 saturated heterocycles. The van der Waals surface area contributed by atoms with Crippen molar-refractivity contribution in [1.82, 2.24) is 5.32 Å². The lowest BCUT2D eigenvalue weighted by molar-refractivity contribution is 0.171. The van der Waals surface area contributed by atoms with Gasteiger partial charge in [0.2, 0.25) is 0 Å². The normalized spacial score (nSPS) is 10.8. The Balaban J connectivity index is 2.72. The quantitative estimate of drug-likeness (QED) is 0.641. The molecule has 3 N–H and O–H groups in total. The molecule has 0 aromatic heterocycles. The Morgan fingerprint density at radius 3 is 2.37 bits per heavy atom. The van der Waals surface area contributed by atoms with Gasteiger partial charge >= 0.3 is 0 Å². The van der Waals surface area contributed by atoms with Crippen molar-refractivity contribution < 1.29 is 19.7 Å². The third-order valence-corrected chi connectivity index (χ3v) is 3.11. The highest BCUT2D eigenvalue weighted by Gasteiger charge is 2.10. The first-order valence-corrected chi connectivity index (χ1v) is 6.32. The van der Waals surface area contributed by atoms with Crippen LogP contribution in [0.1, 0.15) is 11.1 Å². The average molecular weight is 269 g/mol. The molecule has 1 aromatic rings. The molecule has 0 fully saturated rings. The maximum absolute atomic E-state index is 8.98. The summed E-state index contributed by atoms with van der Waals surface area (Å²) >= 11 is 0. The maximum atomic E-state index is 8.98. The van der Waals surface area contributed by atoms with Gasteiger partial charge in [0.25, 0.3) is 0 Å². The zero-order valence-electron chi connectivity index (χ0n) is 11.8. The van der Waals surface area contributed by atoms with Crippen LogP contribution >= 0.6 is 0 Å². The highest BCUT2D eigenvalue weighted by Crippen LogP contribution is 2.28. The number of benzene rings is 1. The van der Waals surface area contributed by atoms with Crippen LogP contribution in [0.15, 0.2) is 12.1 Å². The lowest BCUT2D eigenvalue weighted by atomic mass is 10.0. The summed E-state index contributed by atoms with van der Waals surface area (Å²) < 4.78 is 10.6. The Labute approximate surface area is 114 Å². The van der Waals surface area contributed by atoms with Crippen molar-refractivity contribution in [2.45, 2.75) is 19.4 Å². The minimum Gasteiger partial charge on any atom is -0.497 e. The minimum absolute atomic E-state index is 0.0742. The van der Waals surface area contributed by atoms with Gasteiger partial charge in [-0.2, -0.15) is 0 Å². The number of hydrogen-bond donors (Lipinski definition) is 3. The van der Waals surface area contributed by atoms with Crippen molar-refractivity contribution in [2.75, 3.05) is 34.0 Å². The molecule has 0 amide bonds. The molecule has 5 nitrogen and oxygen atoms in total. The van der Waals surface area contributed by atoms with E-state index in [0.717, 1.165) is 29.0 Å². The summed E-state index contributed by atoms with van der Waals surface area (Å²) in [5.41, 5.74) is 2.20. The second-order valence-corrected chi connectivity index (χ2v) is 4.39. The molecular formula is C14H23NO4. The van der Waals surface area contributed by atoms with Crippen molar-refractivity contribution in [2.24, 2.45) is 0 Å². The van der Waals surface area contributed by atoms with Gasteiger partial charge in [-0.25, -0.2) is 0 Å². The first-order valence-electron chi connectivity index (χ1n) is 6.32. The molecule has 0 saturated carbocycles. The van der Waals surface area contributed by atoms with Gasteiger partial charge in [0.15, 0.2) is 0 Å². The average Bonchev–Trinajstić information content (AvgIpc) is 2.44. The summed E-state index contributed by atoms with van der Waals surface area (Å²) in [6.45, 7) is 2.52. The van der Waals surface area contributed by atoms with E-state index < -0.39 is 0 Å². The standard InChI is InChI=1S/C14H23NO4/c1-10-6-12(18-2)7-14(19-3)13(10)4-5-15-11(8-16)9-17/h6-7,11,15-17H,4-5,8-9H2,1-3H3. The van der Waals surface area contributed by atoms with Gasteiger partial charge in [-0.3, -0.25) is 0 Å². The molecule has 0 atom stereocenters. The van der Waals surface area contributed by atoms with Crippen molar-refractivity contribution in [3.63, 3.8) is 0 Å². The van der Waals surface area contributed by atoms with E-state index in [0.29, 0.717) is 6.54 Å². The molecule has 0 heterocycles. The summed E-state index contributed by atoms with van der Waals surface area (Å²) in [5.74, 6) is 1.57. The van der Waals surface area contributed by atoms with Gasteiger partial charge in [-0.15, -0.1) is 0 Å². The van der Waals surface area contributed by atoms with Gasteiger partial charge in [-0.1, -0.05) is 0 Å². The van der Waals surface area contributed by atoms with Crippen LogP contribution in [0.4, 0.5) is 0 Å². The molecule has 0 spiro atoms. The number of rotatable bonds is 8. The fourth-order valence-corrected chi connectivity index (χ4v) is 1.96. The third kappa shape index (κ3) is 4.38. The monoisotopic (exact) mass is 269 g/mol. The Hall–Kier alpha value is -1.30. The smallest absolute Gasteiger partial charge is 0.126 e. The fourth-order valence-electron chi connectivity index (χ4n) is 1.96. The summed E-state index contributed by atoms with van der Waals surface area (Å²) in [7, 11) is 3.26. The zero-order valence-corrected chi connectivity index (χ0v) is 11.8. The molecule has 1 aromatic carbocycles. The van der Waals surface area contributed by atoms with Gasteiger partial charge in [0.05, 0.1) is 33.5 Å². The Kier molecular flexibility index (Phi) is 6.62. The van der Waals surface area contributed by atoms with Crippen molar-refractivity contribution in [3.05, 3.63) is 23.3 Å². The van der Waals surface area contributed by atoms with E-state index in [1.54, 1.807) is 14.2 Å². The molecule has 0 unspecified atom stereocenters. The van der Waals surface area contributed by atoms with Crippen LogP contribution in [0, 0.1) is 6.92 Å². The van der Waals surface area contributed by atoms with E-state index in [2.05, 4.69) is 5.32 Å². The van der Waals surface area contributed by atoms with E-state index in [1.807, 2.05) is 19.1 Å². The van der Waals surface area contributed by atoms with Crippen molar-refractivity contribution in [1.29, 1.82) is 0 Å². The lowest BCUT2D eigenvalue weighted by Crippen LogP contribution is -2.37. The Morgan fingerprint density at radius 2 is 1.84 bits per heavy atom. The number of hydrogen-bond acceptors (Lipinski definition) is 5. The van der Waals surface area contributed by atoms with Crippen LogP contribution in [0.3, 0.4) is 0 Å². The highest BCUT2D eigenvalue weighted by molar-refractivity contribution is 5.46. The number of ether oxygens (including phenoxy) is 2. The van der Waals surface area contributed by atoms with E-state index in [-0.39, 0.29) is 19.3 Å². The molecule has 19 heavy (non-hydrogen) atoms. The number of aryl methyl sites for hydroxylation is 1. The van der Waals surface area contributed by atoms with Crippen LogP contribution < -0.4 is 14.8 Å². The van der Waals surface area contributed by atoms with Crippen molar-refractivity contribution >= 4 is 0 Å². The third-order valence-electron chi connectivity index (χ3n) is 3.11. The van der Waals surface area contributed by atoms with Crippen LogP contribution in [0.5, 0.6) is 11.5 Å². The Bertz CT molecular complexity index is 391. The van der Waals surface area contributed by atoms with Crippen LogP contribution in [0.25, 0.3) is 0 Å². The topological polar surface area (TPSA) is 71.0 Å². The number of methoxy groups -OCH3 is 2. The van der Waals surface area contributed by atoms with Gasteiger partial charge in [0.1, 0.15) is 11.5 Å². The van der Waals surface area contributed by atoms with Crippen LogP contribution in [-0.2, 0) is 6.42 Å². The molecule has 0 radical (unpaired) electrons. The zero-order chi connectivity index (χ0) is 14.3. The van der Waals surface area contributed by atoms with E-state index in [9.17, 15) is 0 Å². The summed E-state index contributed by atoms with van der Waals surface area (Å²) in [5, 5.41) is 21.1. The minimum atomic E-state index is -0.274. The second-order valence-electron chi connectivity index (χ2n) is 4.39. The lowest BCUT2D eigenvalue weighted by Gasteiger charge is -2.16. The summed E-state index contributed by atoms with van der Waals surface area (Å²) in [4.78, 5) is 0. The maximum Gasteiger partial charge on any atom is 0.126 e. The molecule has 0 bridgehead atoms. The SMILES string of the molecule is COc1cc(C)c(CCNC(CO)CO)c(OC)c1. The molecular weight excluding hydrogens is 246 g/mol. The van der Waals surface area contributed by atoms with E-state index in [1.165, 1.54) is 0 Å². The molecule has 0 aliphatic heterocycles. The van der Waals surface area contributed by atoms with Gasteiger partial charge in [0, 0.05) is 6.07 Å². The predicted octanol–water partition coefficient (Wildman–Crippen LogP) is 0.498. The summed E-state index contributed by atoms with van der Waals surface area (Å²) in [6.07, 6.45) is 0.759. The fraction of sp³-hybridized carbons (Fsp3) is 0.571. The molecule has 0 aliphatic rings. The van der Waals surface area contributed by atoms with Gasteiger partial charge in [-0.05, 0) is 37.1 Å². The summed E-state index contributed by atoms with van der Waals surface area (Å²) in [6, 6.07) is 3.55. The first kappa shape index (κ1) is 15.8. The van der Waals surface area contributed by atoms with Crippen LogP contribution in [-0.4, -0.2) is 50.2 Å². The van der Waals surface area contributed by atoms with E-state index >= 15 is 0 Å². The number of aliphatic hydroxyl groups is 2. The molecule has 5 heteroatoms. The number of aliphatic hydroxyl groups excluding tert-OH is 2. The molecule has 108 valence electrons. The second kappa shape index (κ2) is 7.99. The Morgan fingerprint density at radius 1 is 1.16 bits per heavy atom. The predicted molar refractivity (Wildman–Crippen MR) is 73.9 cm³/mol. The van der Waals surface area contributed by atoms with Gasteiger partial charge < -0.3 is 25.0 Å². The highest BCUT2D eigenvalue weighted by atomic mass is 16.5. The number of nitrogens with one attached hydrogen (secondary N) is 1. The van der Waals surface area contributed by atoms with Crippen LogP contribution in [0.2, 0.25) is 0 Å². The van der Waals surface area contributed by atoms with E-state index in [4.69, 9.17) is 19.7 Å². The first-order chi connectivity index (χ1) is 9.15. The molecule has 0 aliphatic carbocycles. The van der Waals surface area contributed by atoms with Crippen molar-refractivity contribution in [3.8, 4) is 11.5 Å². The molecule has 1 rings (SSSR count).